The number of urea groups is 1. The fourth-order valence-corrected chi connectivity index (χ4v) is 6.11. The van der Waals surface area contributed by atoms with E-state index < -0.39 is 11.8 Å². The number of benzene rings is 1. The number of carbonyl (C=O) groups is 1. The summed E-state index contributed by atoms with van der Waals surface area (Å²) < 4.78 is 31.8. The van der Waals surface area contributed by atoms with Crippen LogP contribution in [-0.4, -0.2) is 59.5 Å². The Morgan fingerprint density at radius 1 is 1.20 bits per heavy atom. The summed E-state index contributed by atoms with van der Waals surface area (Å²) in [5.41, 5.74) is 2.84. The molecule has 40 heavy (non-hydrogen) atoms. The number of hydrogen-bond acceptors (Lipinski definition) is 6. The Morgan fingerprint density at radius 3 is 2.83 bits per heavy atom. The van der Waals surface area contributed by atoms with E-state index in [9.17, 15) is 9.59 Å². The van der Waals surface area contributed by atoms with Crippen molar-refractivity contribution in [1.29, 1.82) is 0 Å². The lowest BCUT2D eigenvalue weighted by atomic mass is 9.92. The van der Waals surface area contributed by atoms with Gasteiger partial charge < -0.3 is 29.4 Å². The standard InChI is InChI=1S/C29H30ClFN4O5/c1-38-6-7-39-19-10-20(11-19)40-28-5-2-16(14-33-28)21-12-24(31)25(13-23(21)30)34-29(37)35-18-3-4-26(35)22-15-32-27(36)9-17(22)8-18/h2,5,9,12-15,18-20,26H,3-4,6-8,10-11H2,1H3,(H,32,36)(H,34,37)/t18-,19?,20?,26+/m0/s1. The van der Waals surface area contributed by atoms with E-state index >= 15 is 4.39 Å². The minimum absolute atomic E-state index is 0.00517. The Hall–Kier alpha value is -3.47. The number of nitrogens with zero attached hydrogens (tertiary/aromatic N) is 2. The van der Waals surface area contributed by atoms with Crippen molar-refractivity contribution in [3.63, 3.8) is 0 Å². The second-order valence-corrected chi connectivity index (χ2v) is 10.9. The van der Waals surface area contributed by atoms with Gasteiger partial charge in [-0.05, 0) is 48.6 Å². The topological polar surface area (TPSA) is 106 Å². The quantitative estimate of drug-likeness (QED) is 0.366. The van der Waals surface area contributed by atoms with Gasteiger partial charge in [0.2, 0.25) is 11.4 Å². The fraction of sp³-hybridized carbons (Fsp3) is 0.414. The van der Waals surface area contributed by atoms with Crippen LogP contribution in [0.4, 0.5) is 14.9 Å². The van der Waals surface area contributed by atoms with Crippen molar-refractivity contribution in [3.05, 3.63) is 75.0 Å². The molecule has 1 saturated carbocycles. The SMILES string of the molecule is COCCOC1CC(Oc2ccc(-c3cc(F)c(NC(=O)N4[C@H]5CC[C@@H]4c4c[nH]c(=O)cc4C5)cc3Cl)cn2)C1. The Kier molecular flexibility index (Phi) is 7.48. The largest absolute Gasteiger partial charge is 0.474 e. The summed E-state index contributed by atoms with van der Waals surface area (Å²) in [5.74, 6) is -0.123. The van der Waals surface area contributed by atoms with Crippen molar-refractivity contribution in [2.45, 2.75) is 56.4 Å². The number of anilines is 1. The molecule has 11 heteroatoms. The van der Waals surface area contributed by atoms with Gasteiger partial charge in [-0.2, -0.15) is 0 Å². The highest BCUT2D eigenvalue weighted by atomic mass is 35.5. The lowest BCUT2D eigenvalue weighted by molar-refractivity contribution is -0.0730. The lowest BCUT2D eigenvalue weighted by Crippen LogP contribution is -2.44. The van der Waals surface area contributed by atoms with E-state index in [1.807, 2.05) is 0 Å². The van der Waals surface area contributed by atoms with Crippen LogP contribution in [0, 0.1) is 5.82 Å². The molecule has 2 bridgehead atoms. The first kappa shape index (κ1) is 26.7. The molecule has 2 N–H and O–H groups in total. The predicted molar refractivity (Wildman–Crippen MR) is 147 cm³/mol. The van der Waals surface area contributed by atoms with E-state index in [0.29, 0.717) is 36.6 Å². The summed E-state index contributed by atoms with van der Waals surface area (Å²) in [4.78, 5) is 33.8. The number of hydrogen-bond donors (Lipinski definition) is 2. The highest BCUT2D eigenvalue weighted by Gasteiger charge is 2.43. The molecule has 9 nitrogen and oxygen atoms in total. The summed E-state index contributed by atoms with van der Waals surface area (Å²) >= 11 is 6.53. The average Bonchev–Trinajstić information content (AvgIpc) is 3.24. The van der Waals surface area contributed by atoms with Gasteiger partial charge in [0.25, 0.3) is 0 Å². The highest BCUT2D eigenvalue weighted by molar-refractivity contribution is 6.33. The van der Waals surface area contributed by atoms with Gasteiger partial charge in [-0.1, -0.05) is 11.6 Å². The Balaban J connectivity index is 1.10. The molecule has 1 aliphatic carbocycles. The maximum atomic E-state index is 15.2. The van der Waals surface area contributed by atoms with Crippen molar-refractivity contribution in [2.24, 2.45) is 0 Å². The van der Waals surface area contributed by atoms with Crippen LogP contribution >= 0.6 is 11.6 Å². The van der Waals surface area contributed by atoms with Gasteiger partial charge in [-0.3, -0.25) is 4.79 Å². The van der Waals surface area contributed by atoms with Crippen molar-refractivity contribution in [2.75, 3.05) is 25.6 Å². The highest BCUT2D eigenvalue weighted by Crippen LogP contribution is 2.43. The van der Waals surface area contributed by atoms with Crippen LogP contribution in [-0.2, 0) is 15.9 Å². The number of halogens is 2. The molecule has 6 rings (SSSR count). The molecule has 2 atom stereocenters. The zero-order valence-corrected chi connectivity index (χ0v) is 22.7. The Morgan fingerprint density at radius 2 is 2.05 bits per heavy atom. The number of methoxy groups -OCH3 is 1. The molecule has 2 amide bonds. The molecule has 0 unspecified atom stereocenters. The molecular weight excluding hydrogens is 539 g/mol. The lowest BCUT2D eigenvalue weighted by Gasteiger charge is -2.36. The number of aromatic nitrogens is 2. The Bertz CT molecular complexity index is 1460. The molecule has 1 aromatic carbocycles. The van der Waals surface area contributed by atoms with Crippen LogP contribution in [0.5, 0.6) is 5.88 Å². The molecule has 2 aliphatic heterocycles. The fourth-order valence-electron chi connectivity index (χ4n) is 5.83. The van der Waals surface area contributed by atoms with Gasteiger partial charge in [-0.25, -0.2) is 14.2 Å². The van der Waals surface area contributed by atoms with Gasteiger partial charge in [0.1, 0.15) is 11.9 Å². The number of nitrogens with one attached hydrogen (secondary N) is 2. The molecule has 3 aliphatic rings. The summed E-state index contributed by atoms with van der Waals surface area (Å²) in [5, 5.41) is 2.99. The molecule has 0 radical (unpaired) electrons. The summed E-state index contributed by atoms with van der Waals surface area (Å²) in [7, 11) is 1.64. The second kappa shape index (κ2) is 11.2. The molecule has 3 aromatic rings. The predicted octanol–water partition coefficient (Wildman–Crippen LogP) is 5.10. The van der Waals surface area contributed by atoms with Gasteiger partial charge >= 0.3 is 6.03 Å². The molecule has 4 heterocycles. The smallest absolute Gasteiger partial charge is 0.322 e. The molecule has 2 aromatic heterocycles. The zero-order valence-electron chi connectivity index (χ0n) is 22.0. The van der Waals surface area contributed by atoms with Crippen molar-refractivity contribution in [3.8, 4) is 17.0 Å². The number of rotatable bonds is 8. The van der Waals surface area contributed by atoms with E-state index in [2.05, 4.69) is 15.3 Å². The van der Waals surface area contributed by atoms with Crippen LogP contribution in [0.1, 0.15) is 42.9 Å². The van der Waals surface area contributed by atoms with Gasteiger partial charge in [0, 0.05) is 61.6 Å². The number of amides is 2. The van der Waals surface area contributed by atoms with E-state index in [-0.39, 0.29) is 40.6 Å². The first-order valence-electron chi connectivity index (χ1n) is 13.4. The minimum Gasteiger partial charge on any atom is -0.474 e. The molecule has 2 fully saturated rings. The van der Waals surface area contributed by atoms with Gasteiger partial charge in [0.15, 0.2) is 0 Å². The number of carbonyl (C=O) groups excluding carboxylic acids is 1. The molecule has 0 spiro atoms. The first-order chi connectivity index (χ1) is 19.4. The van der Waals surface area contributed by atoms with Crippen LogP contribution in [0.2, 0.25) is 5.02 Å². The Labute approximate surface area is 235 Å². The maximum absolute atomic E-state index is 15.2. The molecule has 210 valence electrons. The number of ether oxygens (including phenoxy) is 3. The van der Waals surface area contributed by atoms with Crippen molar-refractivity contribution in [1.82, 2.24) is 14.9 Å². The normalized spacial score (nSPS) is 22.9. The van der Waals surface area contributed by atoms with Crippen molar-refractivity contribution >= 4 is 23.3 Å². The van der Waals surface area contributed by atoms with E-state index in [4.69, 9.17) is 25.8 Å². The first-order valence-corrected chi connectivity index (χ1v) is 13.8. The monoisotopic (exact) mass is 568 g/mol. The summed E-state index contributed by atoms with van der Waals surface area (Å²) in [6.07, 6.45) is 7.28. The van der Waals surface area contributed by atoms with E-state index in [0.717, 1.165) is 36.8 Å². The molecular formula is C29H30ClFN4O5. The number of pyridine rings is 2. The third kappa shape index (κ3) is 5.31. The summed E-state index contributed by atoms with van der Waals surface area (Å²) in [6.45, 7) is 1.14. The van der Waals surface area contributed by atoms with Gasteiger partial charge in [-0.15, -0.1) is 0 Å². The third-order valence-electron chi connectivity index (χ3n) is 7.92. The van der Waals surface area contributed by atoms with Crippen LogP contribution in [0.3, 0.4) is 0 Å². The van der Waals surface area contributed by atoms with E-state index in [1.165, 1.54) is 12.1 Å². The average molecular weight is 569 g/mol. The summed E-state index contributed by atoms with van der Waals surface area (Å²) in [6, 6.07) is 7.23. The second-order valence-electron chi connectivity index (χ2n) is 10.5. The minimum atomic E-state index is -0.601. The number of fused-ring (bicyclic) bond motifs is 4. The maximum Gasteiger partial charge on any atom is 0.322 e. The number of H-pyrrole nitrogens is 1. The van der Waals surface area contributed by atoms with Crippen LogP contribution in [0.25, 0.3) is 11.1 Å². The zero-order chi connectivity index (χ0) is 27.8. The van der Waals surface area contributed by atoms with Gasteiger partial charge in [0.05, 0.1) is 36.1 Å². The molecule has 1 saturated heterocycles. The number of aromatic amines is 1. The van der Waals surface area contributed by atoms with E-state index in [1.54, 1.807) is 42.6 Å². The van der Waals surface area contributed by atoms with Crippen molar-refractivity contribution < 1.29 is 23.4 Å². The van der Waals surface area contributed by atoms with Crippen LogP contribution < -0.4 is 15.6 Å². The third-order valence-corrected chi connectivity index (χ3v) is 8.24. The van der Waals surface area contributed by atoms with Crippen LogP contribution in [0.15, 0.2) is 47.5 Å².